The SMILES string of the molecule is O=C(Nc1cccc(-c2nnco2)c1)c1ccc(-c2ccc(F)cc2)o1. The number of nitrogens with zero attached hydrogens (tertiary/aromatic N) is 2. The summed E-state index contributed by atoms with van der Waals surface area (Å²) in [7, 11) is 0. The van der Waals surface area contributed by atoms with E-state index in [1.54, 1.807) is 48.5 Å². The Morgan fingerprint density at radius 3 is 2.62 bits per heavy atom. The van der Waals surface area contributed by atoms with E-state index in [0.717, 1.165) is 0 Å². The van der Waals surface area contributed by atoms with E-state index in [1.807, 2.05) is 0 Å². The summed E-state index contributed by atoms with van der Waals surface area (Å²) in [6, 6.07) is 16.1. The lowest BCUT2D eigenvalue weighted by atomic mass is 10.2. The van der Waals surface area contributed by atoms with Crippen LogP contribution in [-0.2, 0) is 0 Å². The molecule has 6 nitrogen and oxygen atoms in total. The molecule has 7 heteroatoms. The maximum atomic E-state index is 13.0. The number of carbonyl (C=O) groups is 1. The van der Waals surface area contributed by atoms with Crippen LogP contribution in [0.2, 0.25) is 0 Å². The zero-order valence-corrected chi connectivity index (χ0v) is 13.3. The third-order valence-corrected chi connectivity index (χ3v) is 3.69. The molecule has 1 amide bonds. The van der Waals surface area contributed by atoms with Crippen molar-refractivity contribution >= 4 is 11.6 Å². The molecule has 2 heterocycles. The predicted octanol–water partition coefficient (Wildman–Crippen LogP) is 4.39. The molecule has 0 aliphatic rings. The fourth-order valence-electron chi connectivity index (χ4n) is 2.45. The normalized spacial score (nSPS) is 10.7. The van der Waals surface area contributed by atoms with Gasteiger partial charge in [0.15, 0.2) is 5.76 Å². The third kappa shape index (κ3) is 3.23. The van der Waals surface area contributed by atoms with Crippen molar-refractivity contribution in [2.45, 2.75) is 0 Å². The van der Waals surface area contributed by atoms with Crippen LogP contribution in [0, 0.1) is 5.82 Å². The second-order valence-corrected chi connectivity index (χ2v) is 5.45. The van der Waals surface area contributed by atoms with Gasteiger partial charge in [0.25, 0.3) is 5.91 Å². The Bertz CT molecular complexity index is 1040. The van der Waals surface area contributed by atoms with Crippen LogP contribution in [0.15, 0.2) is 75.9 Å². The fourth-order valence-corrected chi connectivity index (χ4v) is 2.45. The van der Waals surface area contributed by atoms with Crippen molar-refractivity contribution in [3.63, 3.8) is 0 Å². The van der Waals surface area contributed by atoms with E-state index < -0.39 is 5.91 Å². The van der Waals surface area contributed by atoms with Crippen molar-refractivity contribution < 1.29 is 18.0 Å². The molecule has 4 rings (SSSR count). The van der Waals surface area contributed by atoms with Gasteiger partial charge in [-0.05, 0) is 54.6 Å². The van der Waals surface area contributed by atoms with Crippen LogP contribution < -0.4 is 5.32 Å². The average Bonchev–Trinajstić information content (AvgIpc) is 3.35. The summed E-state index contributed by atoms with van der Waals surface area (Å²) in [5, 5.41) is 10.2. The van der Waals surface area contributed by atoms with E-state index in [9.17, 15) is 9.18 Å². The first kappa shape index (κ1) is 15.8. The Morgan fingerprint density at radius 1 is 1.00 bits per heavy atom. The van der Waals surface area contributed by atoms with Crippen LogP contribution in [0.5, 0.6) is 0 Å². The lowest BCUT2D eigenvalue weighted by molar-refractivity contribution is 0.0997. The summed E-state index contributed by atoms with van der Waals surface area (Å²) in [6.45, 7) is 0. The molecule has 0 bridgehead atoms. The van der Waals surface area contributed by atoms with Gasteiger partial charge >= 0.3 is 0 Å². The standard InChI is InChI=1S/C19H12FN3O3/c20-14-6-4-12(5-7-14)16-8-9-17(26-16)18(24)22-15-3-1-2-13(10-15)19-23-21-11-25-19/h1-11H,(H,22,24). The van der Waals surface area contributed by atoms with E-state index in [4.69, 9.17) is 8.83 Å². The average molecular weight is 349 g/mol. The smallest absolute Gasteiger partial charge is 0.291 e. The first-order valence-electron chi connectivity index (χ1n) is 7.73. The summed E-state index contributed by atoms with van der Waals surface area (Å²) in [4.78, 5) is 12.4. The third-order valence-electron chi connectivity index (χ3n) is 3.69. The second-order valence-electron chi connectivity index (χ2n) is 5.45. The van der Waals surface area contributed by atoms with Gasteiger partial charge in [-0.2, -0.15) is 0 Å². The van der Waals surface area contributed by atoms with Gasteiger partial charge in [0.05, 0.1) is 0 Å². The van der Waals surface area contributed by atoms with Crippen molar-refractivity contribution in [3.05, 3.63) is 78.6 Å². The molecule has 26 heavy (non-hydrogen) atoms. The molecule has 128 valence electrons. The molecule has 0 spiro atoms. The van der Waals surface area contributed by atoms with Crippen LogP contribution in [0.25, 0.3) is 22.8 Å². The maximum Gasteiger partial charge on any atom is 0.291 e. The van der Waals surface area contributed by atoms with Gasteiger partial charge in [-0.3, -0.25) is 4.79 Å². The van der Waals surface area contributed by atoms with Crippen LogP contribution in [0.4, 0.5) is 10.1 Å². The van der Waals surface area contributed by atoms with E-state index in [0.29, 0.717) is 28.5 Å². The number of furan rings is 1. The molecule has 2 aromatic carbocycles. The monoisotopic (exact) mass is 349 g/mol. The van der Waals surface area contributed by atoms with Crippen LogP contribution >= 0.6 is 0 Å². The van der Waals surface area contributed by atoms with Crippen LogP contribution in [-0.4, -0.2) is 16.1 Å². The lowest BCUT2D eigenvalue weighted by Gasteiger charge is -2.04. The quantitative estimate of drug-likeness (QED) is 0.591. The topological polar surface area (TPSA) is 81.2 Å². The predicted molar refractivity (Wildman–Crippen MR) is 91.8 cm³/mol. The summed E-state index contributed by atoms with van der Waals surface area (Å²) in [5.41, 5.74) is 1.93. The first-order chi connectivity index (χ1) is 12.7. The molecule has 0 radical (unpaired) electrons. The number of benzene rings is 2. The minimum atomic E-state index is -0.402. The van der Waals surface area contributed by atoms with Crippen LogP contribution in [0.1, 0.15) is 10.6 Å². The van der Waals surface area contributed by atoms with Crippen LogP contribution in [0.3, 0.4) is 0 Å². The van der Waals surface area contributed by atoms with E-state index in [2.05, 4.69) is 15.5 Å². The molecular weight excluding hydrogens is 337 g/mol. The Morgan fingerprint density at radius 2 is 1.85 bits per heavy atom. The Hall–Kier alpha value is -3.74. The van der Waals surface area contributed by atoms with Crippen molar-refractivity contribution in [3.8, 4) is 22.8 Å². The molecule has 0 aliphatic heterocycles. The fraction of sp³-hybridized carbons (Fsp3) is 0. The highest BCUT2D eigenvalue weighted by Gasteiger charge is 2.13. The Kier molecular flexibility index (Phi) is 4.03. The van der Waals surface area contributed by atoms with Gasteiger partial charge < -0.3 is 14.2 Å². The highest BCUT2D eigenvalue weighted by molar-refractivity contribution is 6.02. The Labute approximate surface area is 147 Å². The van der Waals surface area contributed by atoms with Crippen molar-refractivity contribution in [1.29, 1.82) is 0 Å². The largest absolute Gasteiger partial charge is 0.451 e. The molecule has 0 atom stereocenters. The maximum absolute atomic E-state index is 13.0. The number of hydrogen-bond donors (Lipinski definition) is 1. The van der Waals surface area contributed by atoms with Gasteiger partial charge in [0, 0.05) is 16.8 Å². The van der Waals surface area contributed by atoms with Gasteiger partial charge in [0.2, 0.25) is 12.3 Å². The molecule has 0 aliphatic carbocycles. The molecule has 0 saturated carbocycles. The summed E-state index contributed by atoms with van der Waals surface area (Å²) in [6.07, 6.45) is 1.24. The van der Waals surface area contributed by atoms with E-state index in [-0.39, 0.29) is 11.6 Å². The van der Waals surface area contributed by atoms with Gasteiger partial charge in [-0.25, -0.2) is 4.39 Å². The summed E-state index contributed by atoms with van der Waals surface area (Å²) in [5.74, 6) is 0.250. The molecule has 0 fully saturated rings. The number of rotatable bonds is 4. The molecule has 2 aromatic heterocycles. The molecule has 1 N–H and O–H groups in total. The number of nitrogens with one attached hydrogen (secondary N) is 1. The minimum Gasteiger partial charge on any atom is -0.451 e. The Balaban J connectivity index is 1.52. The van der Waals surface area contributed by atoms with Crippen molar-refractivity contribution in [2.75, 3.05) is 5.32 Å². The molecule has 0 saturated heterocycles. The number of aromatic nitrogens is 2. The van der Waals surface area contributed by atoms with Crippen molar-refractivity contribution in [1.82, 2.24) is 10.2 Å². The number of anilines is 1. The molecule has 0 unspecified atom stereocenters. The summed E-state index contributed by atoms with van der Waals surface area (Å²) < 4.78 is 23.7. The van der Waals surface area contributed by atoms with Gasteiger partial charge in [0.1, 0.15) is 11.6 Å². The zero-order valence-electron chi connectivity index (χ0n) is 13.3. The van der Waals surface area contributed by atoms with Crippen molar-refractivity contribution in [2.24, 2.45) is 0 Å². The summed E-state index contributed by atoms with van der Waals surface area (Å²) >= 11 is 0. The minimum absolute atomic E-state index is 0.146. The lowest BCUT2D eigenvalue weighted by Crippen LogP contribution is -2.10. The van der Waals surface area contributed by atoms with E-state index in [1.165, 1.54) is 18.5 Å². The number of carbonyl (C=O) groups excluding carboxylic acids is 1. The number of amides is 1. The highest BCUT2D eigenvalue weighted by atomic mass is 19.1. The van der Waals surface area contributed by atoms with Gasteiger partial charge in [-0.1, -0.05) is 6.07 Å². The highest BCUT2D eigenvalue weighted by Crippen LogP contribution is 2.24. The van der Waals surface area contributed by atoms with E-state index >= 15 is 0 Å². The number of halogens is 1. The second kappa shape index (κ2) is 6.64. The number of hydrogen-bond acceptors (Lipinski definition) is 5. The first-order valence-corrected chi connectivity index (χ1v) is 7.73. The molecular formula is C19H12FN3O3. The zero-order chi connectivity index (χ0) is 17.9. The van der Waals surface area contributed by atoms with Gasteiger partial charge in [-0.15, -0.1) is 10.2 Å². The molecule has 4 aromatic rings.